The van der Waals surface area contributed by atoms with Crippen molar-refractivity contribution in [1.29, 1.82) is 0 Å². The van der Waals surface area contributed by atoms with Crippen molar-refractivity contribution in [3.63, 3.8) is 0 Å². The fraction of sp³-hybridized carbons (Fsp3) is 0.923. The van der Waals surface area contributed by atoms with Gasteiger partial charge in [0.2, 0.25) is 0 Å². The molecule has 0 bridgehead atoms. The van der Waals surface area contributed by atoms with E-state index >= 15 is 0 Å². The van der Waals surface area contributed by atoms with Gasteiger partial charge >= 0.3 is 0 Å². The molecule has 0 N–H and O–H groups in total. The predicted octanol–water partition coefficient (Wildman–Crippen LogP) is 1.87. The molecule has 0 aromatic rings. The lowest BCUT2D eigenvalue weighted by Gasteiger charge is -2.48. The minimum atomic E-state index is -0.332. The Bertz CT molecular complexity index is 212. The molecule has 0 aromatic carbocycles. The zero-order valence-electron chi connectivity index (χ0n) is 10.5. The number of carbonyl (C=O) groups is 1. The van der Waals surface area contributed by atoms with E-state index in [1.807, 2.05) is 0 Å². The average Bonchev–Trinajstić information content (AvgIpc) is 2.40. The van der Waals surface area contributed by atoms with Crippen molar-refractivity contribution < 1.29 is 4.79 Å². The highest BCUT2D eigenvalue weighted by molar-refractivity contribution is 5.63. The van der Waals surface area contributed by atoms with Gasteiger partial charge in [0.25, 0.3) is 0 Å². The molecule has 0 spiro atoms. The van der Waals surface area contributed by atoms with Crippen LogP contribution in [0.4, 0.5) is 0 Å². The molecule has 2 fully saturated rings. The maximum atomic E-state index is 11.5. The first-order valence-corrected chi connectivity index (χ1v) is 6.74. The largest absolute Gasteiger partial charge is 0.300 e. The highest BCUT2D eigenvalue weighted by atomic mass is 16.1. The zero-order chi connectivity index (χ0) is 11.4. The Kier molecular flexibility index (Phi) is 3.98. The van der Waals surface area contributed by atoms with Crippen molar-refractivity contribution in [2.24, 2.45) is 0 Å². The molecule has 2 rings (SSSR count). The number of aldehydes is 1. The third-order valence-electron chi connectivity index (χ3n) is 4.22. The summed E-state index contributed by atoms with van der Waals surface area (Å²) in [6.45, 7) is 6.46. The van der Waals surface area contributed by atoms with Crippen LogP contribution in [0.1, 0.15) is 45.4 Å². The molecule has 0 unspecified atom stereocenters. The van der Waals surface area contributed by atoms with Gasteiger partial charge in [0.15, 0.2) is 6.29 Å². The molecule has 0 aromatic heterocycles. The molecule has 0 atom stereocenters. The fourth-order valence-electron chi connectivity index (χ4n) is 3.04. The molecule has 3 heteroatoms. The van der Waals surface area contributed by atoms with Crippen LogP contribution in [0.3, 0.4) is 0 Å². The molecule has 2 aliphatic rings. The number of likely N-dealkylation sites (tertiary alicyclic amines) is 2. The molecule has 16 heavy (non-hydrogen) atoms. The fourth-order valence-corrected chi connectivity index (χ4v) is 3.04. The summed E-state index contributed by atoms with van der Waals surface area (Å²) in [6.07, 6.45) is 8.81. The maximum Gasteiger partial charge on any atom is 0.154 e. The van der Waals surface area contributed by atoms with E-state index in [9.17, 15) is 4.79 Å². The molecule has 0 radical (unpaired) electrons. The van der Waals surface area contributed by atoms with Crippen LogP contribution in [0.15, 0.2) is 0 Å². The predicted molar refractivity (Wildman–Crippen MR) is 65.3 cm³/mol. The van der Waals surface area contributed by atoms with Crippen LogP contribution in [0.25, 0.3) is 0 Å². The molecule has 2 saturated heterocycles. The van der Waals surface area contributed by atoms with E-state index in [4.69, 9.17) is 0 Å². The van der Waals surface area contributed by atoms with Gasteiger partial charge in [-0.2, -0.15) is 0 Å². The summed E-state index contributed by atoms with van der Waals surface area (Å²) in [5.74, 6) is 0. The second-order valence-electron chi connectivity index (χ2n) is 5.31. The first-order valence-electron chi connectivity index (χ1n) is 6.74. The second kappa shape index (κ2) is 5.28. The van der Waals surface area contributed by atoms with E-state index in [1.165, 1.54) is 44.8 Å². The lowest BCUT2D eigenvalue weighted by molar-refractivity contribution is -0.134. The van der Waals surface area contributed by atoms with Crippen LogP contribution < -0.4 is 0 Å². The van der Waals surface area contributed by atoms with Crippen molar-refractivity contribution in [2.75, 3.05) is 26.2 Å². The van der Waals surface area contributed by atoms with Crippen LogP contribution in [0.5, 0.6) is 0 Å². The number of nitrogens with zero attached hydrogens (tertiary/aromatic N) is 2. The Morgan fingerprint density at radius 3 is 1.50 bits per heavy atom. The summed E-state index contributed by atoms with van der Waals surface area (Å²) in [5.41, 5.74) is -0.332. The molecule has 92 valence electrons. The van der Waals surface area contributed by atoms with Crippen LogP contribution in [0.2, 0.25) is 0 Å². The Morgan fingerprint density at radius 1 is 0.812 bits per heavy atom. The van der Waals surface area contributed by atoms with Crippen molar-refractivity contribution in [2.45, 2.75) is 51.1 Å². The van der Waals surface area contributed by atoms with E-state index < -0.39 is 0 Å². The summed E-state index contributed by atoms with van der Waals surface area (Å²) < 4.78 is 0. The van der Waals surface area contributed by atoms with Gasteiger partial charge in [-0.15, -0.1) is 0 Å². The zero-order valence-corrected chi connectivity index (χ0v) is 10.5. The third-order valence-corrected chi connectivity index (χ3v) is 4.22. The second-order valence-corrected chi connectivity index (χ2v) is 5.31. The van der Waals surface area contributed by atoms with Crippen LogP contribution >= 0.6 is 0 Å². The van der Waals surface area contributed by atoms with Gasteiger partial charge in [-0.25, -0.2) is 0 Å². The van der Waals surface area contributed by atoms with E-state index in [2.05, 4.69) is 16.7 Å². The first-order chi connectivity index (χ1) is 7.77. The Labute approximate surface area is 98.8 Å². The van der Waals surface area contributed by atoms with Crippen molar-refractivity contribution in [3.05, 3.63) is 0 Å². The number of rotatable bonds is 3. The molecule has 2 heterocycles. The molecule has 3 nitrogen and oxygen atoms in total. The standard InChI is InChI=1S/C13H24N2O/c1-13(12-16,14-8-4-2-5-9-14)15-10-6-3-7-11-15/h12H,2-11H2,1H3. The normalized spacial score (nSPS) is 25.6. The minimum Gasteiger partial charge on any atom is -0.300 e. The smallest absolute Gasteiger partial charge is 0.154 e. The van der Waals surface area contributed by atoms with Crippen molar-refractivity contribution >= 4 is 6.29 Å². The summed E-state index contributed by atoms with van der Waals surface area (Å²) in [7, 11) is 0. The van der Waals surface area contributed by atoms with Gasteiger partial charge in [-0.1, -0.05) is 12.8 Å². The molecular weight excluding hydrogens is 200 g/mol. The summed E-state index contributed by atoms with van der Waals surface area (Å²) in [4.78, 5) is 16.3. The molecular formula is C13H24N2O. The topological polar surface area (TPSA) is 23.6 Å². The monoisotopic (exact) mass is 224 g/mol. The van der Waals surface area contributed by atoms with Gasteiger partial charge in [0, 0.05) is 26.2 Å². The molecule has 2 aliphatic heterocycles. The number of piperidine rings is 2. The maximum absolute atomic E-state index is 11.5. The minimum absolute atomic E-state index is 0.332. The first kappa shape index (κ1) is 12.1. The molecule has 0 aliphatic carbocycles. The highest BCUT2D eigenvalue weighted by Gasteiger charge is 2.38. The summed E-state index contributed by atoms with van der Waals surface area (Å²) in [6, 6.07) is 0. The number of carbonyl (C=O) groups excluding carboxylic acids is 1. The number of hydrogen-bond donors (Lipinski definition) is 0. The lowest BCUT2D eigenvalue weighted by Crippen LogP contribution is -2.62. The van der Waals surface area contributed by atoms with Gasteiger partial charge in [-0.05, 0) is 32.6 Å². The Morgan fingerprint density at radius 2 is 1.19 bits per heavy atom. The van der Waals surface area contributed by atoms with Gasteiger partial charge < -0.3 is 0 Å². The van der Waals surface area contributed by atoms with Crippen LogP contribution in [-0.2, 0) is 4.79 Å². The van der Waals surface area contributed by atoms with E-state index in [1.54, 1.807) is 0 Å². The third kappa shape index (κ3) is 2.30. The SMILES string of the molecule is CC(C=O)(N1CCCCC1)N1CCCCC1. The van der Waals surface area contributed by atoms with Gasteiger partial charge in [0.1, 0.15) is 5.66 Å². The van der Waals surface area contributed by atoms with Crippen molar-refractivity contribution in [1.82, 2.24) is 9.80 Å². The van der Waals surface area contributed by atoms with Crippen molar-refractivity contribution in [3.8, 4) is 0 Å². The van der Waals surface area contributed by atoms with E-state index in [0.29, 0.717) is 0 Å². The lowest BCUT2D eigenvalue weighted by atomic mass is 10.0. The quantitative estimate of drug-likeness (QED) is 0.684. The average molecular weight is 224 g/mol. The molecule has 0 saturated carbocycles. The summed E-state index contributed by atoms with van der Waals surface area (Å²) >= 11 is 0. The number of hydrogen-bond acceptors (Lipinski definition) is 3. The summed E-state index contributed by atoms with van der Waals surface area (Å²) in [5, 5.41) is 0. The Hall–Kier alpha value is -0.410. The van der Waals surface area contributed by atoms with E-state index in [-0.39, 0.29) is 5.66 Å². The Balaban J connectivity index is 2.06. The van der Waals surface area contributed by atoms with Gasteiger partial charge in [-0.3, -0.25) is 14.6 Å². The van der Waals surface area contributed by atoms with Crippen LogP contribution in [0, 0.1) is 0 Å². The van der Waals surface area contributed by atoms with E-state index in [0.717, 1.165) is 26.2 Å². The molecule has 0 amide bonds. The van der Waals surface area contributed by atoms with Gasteiger partial charge in [0.05, 0.1) is 0 Å². The highest BCUT2D eigenvalue weighted by Crippen LogP contribution is 2.26. The van der Waals surface area contributed by atoms with Crippen LogP contribution in [-0.4, -0.2) is 47.9 Å².